The summed E-state index contributed by atoms with van der Waals surface area (Å²) in [4.78, 5) is 11.9. The highest BCUT2D eigenvalue weighted by Gasteiger charge is 2.22. The van der Waals surface area contributed by atoms with Crippen LogP contribution in [0.5, 0.6) is 0 Å². The number of nitrogens with zero attached hydrogens (tertiary/aromatic N) is 1. The van der Waals surface area contributed by atoms with E-state index in [4.69, 9.17) is 0 Å². The molecule has 0 bridgehead atoms. The van der Waals surface area contributed by atoms with E-state index >= 15 is 0 Å². The molecule has 0 unspecified atom stereocenters. The van der Waals surface area contributed by atoms with Gasteiger partial charge in [-0.1, -0.05) is 49.4 Å². The largest absolute Gasteiger partial charge is 0.478 e. The summed E-state index contributed by atoms with van der Waals surface area (Å²) < 4.78 is 2.02. The number of rotatable bonds is 7. The lowest BCUT2D eigenvalue weighted by Gasteiger charge is -2.10. The first-order valence-corrected chi connectivity index (χ1v) is 9.31. The molecule has 2 aromatic carbocycles. The lowest BCUT2D eigenvalue weighted by molar-refractivity contribution is 0.0695. The van der Waals surface area contributed by atoms with E-state index in [1.165, 1.54) is 11.1 Å². The van der Waals surface area contributed by atoms with Crippen molar-refractivity contribution in [2.75, 3.05) is 0 Å². The molecule has 0 fully saturated rings. The zero-order chi connectivity index (χ0) is 19.4. The Morgan fingerprint density at radius 3 is 2.15 bits per heavy atom. The number of carboxylic acids is 1. The summed E-state index contributed by atoms with van der Waals surface area (Å²) >= 11 is 0. The van der Waals surface area contributed by atoms with Crippen LogP contribution in [0.3, 0.4) is 0 Å². The number of nitrogens with one attached hydrogen (secondary N) is 1. The normalized spacial score (nSPS) is 10.9. The Hall–Kier alpha value is -2.85. The van der Waals surface area contributed by atoms with Gasteiger partial charge in [-0.15, -0.1) is 0 Å². The molecule has 0 atom stereocenters. The quantitative estimate of drug-likeness (QED) is 0.643. The van der Waals surface area contributed by atoms with Gasteiger partial charge in [-0.25, -0.2) is 4.79 Å². The Bertz CT molecular complexity index is 925. The summed E-state index contributed by atoms with van der Waals surface area (Å²) in [5.41, 5.74) is 6.45. The van der Waals surface area contributed by atoms with Crippen molar-refractivity contribution >= 4 is 5.97 Å². The molecule has 1 aromatic heterocycles. The monoisotopic (exact) mass is 362 g/mol. The highest BCUT2D eigenvalue weighted by atomic mass is 16.4. The molecule has 1 heterocycles. The number of hydrogen-bond donors (Lipinski definition) is 2. The standard InChI is InChI=1S/C23H26N2O2/c1-4-18-10-12-19(13-11-18)14-24-15-21-16(2)25(17(3)22(21)23(26)27)20-8-6-5-7-9-20/h5-13,24H,4,14-15H2,1-3H3,(H,26,27). The maximum absolute atomic E-state index is 11.9. The molecular weight excluding hydrogens is 336 g/mol. The summed E-state index contributed by atoms with van der Waals surface area (Å²) in [5, 5.41) is 13.2. The number of carbonyl (C=O) groups is 1. The second kappa shape index (κ2) is 8.23. The van der Waals surface area contributed by atoms with E-state index in [2.05, 4.69) is 36.5 Å². The van der Waals surface area contributed by atoms with E-state index in [1.54, 1.807) is 0 Å². The number of benzene rings is 2. The predicted octanol–water partition coefficient (Wildman–Crippen LogP) is 4.64. The second-order valence-electron chi connectivity index (χ2n) is 6.77. The molecule has 0 saturated heterocycles. The van der Waals surface area contributed by atoms with Crippen LogP contribution < -0.4 is 5.32 Å². The second-order valence-corrected chi connectivity index (χ2v) is 6.77. The number of aryl methyl sites for hydroxylation is 1. The molecule has 0 amide bonds. The van der Waals surface area contributed by atoms with Gasteiger partial charge >= 0.3 is 5.97 Å². The van der Waals surface area contributed by atoms with Gasteiger partial charge in [-0.2, -0.15) is 0 Å². The summed E-state index contributed by atoms with van der Waals surface area (Å²) in [6.45, 7) is 7.22. The van der Waals surface area contributed by atoms with E-state index in [0.717, 1.165) is 29.1 Å². The number of para-hydroxylation sites is 1. The van der Waals surface area contributed by atoms with Gasteiger partial charge in [0.25, 0.3) is 0 Å². The van der Waals surface area contributed by atoms with Crippen LogP contribution in [0.25, 0.3) is 5.69 Å². The van der Waals surface area contributed by atoms with E-state index in [-0.39, 0.29) is 0 Å². The van der Waals surface area contributed by atoms with Gasteiger partial charge < -0.3 is 15.0 Å². The number of aromatic carboxylic acids is 1. The summed E-state index contributed by atoms with van der Waals surface area (Å²) in [7, 11) is 0. The van der Waals surface area contributed by atoms with Gasteiger partial charge in [0.1, 0.15) is 0 Å². The fraction of sp³-hybridized carbons (Fsp3) is 0.261. The van der Waals surface area contributed by atoms with Crippen LogP contribution in [0, 0.1) is 13.8 Å². The first-order valence-electron chi connectivity index (χ1n) is 9.31. The van der Waals surface area contributed by atoms with Crippen molar-refractivity contribution in [2.24, 2.45) is 0 Å². The minimum atomic E-state index is -0.880. The van der Waals surface area contributed by atoms with Gasteiger partial charge in [-0.05, 0) is 43.5 Å². The third kappa shape index (κ3) is 3.96. The van der Waals surface area contributed by atoms with Crippen molar-refractivity contribution in [3.63, 3.8) is 0 Å². The van der Waals surface area contributed by atoms with Crippen molar-refractivity contribution in [2.45, 2.75) is 40.3 Å². The average molecular weight is 362 g/mol. The van der Waals surface area contributed by atoms with Crippen LogP contribution in [0.1, 0.15) is 45.4 Å². The molecule has 3 rings (SSSR count). The van der Waals surface area contributed by atoms with E-state index < -0.39 is 5.97 Å². The Kier molecular flexibility index (Phi) is 5.77. The molecule has 140 valence electrons. The Balaban J connectivity index is 1.84. The third-order valence-electron chi connectivity index (χ3n) is 5.06. The summed E-state index contributed by atoms with van der Waals surface area (Å²) in [5.74, 6) is -0.880. The molecule has 2 N–H and O–H groups in total. The molecular formula is C23H26N2O2. The van der Waals surface area contributed by atoms with Crippen molar-refractivity contribution in [1.29, 1.82) is 0 Å². The predicted molar refractivity (Wildman–Crippen MR) is 109 cm³/mol. The molecule has 4 heteroatoms. The van der Waals surface area contributed by atoms with Crippen molar-refractivity contribution in [3.8, 4) is 5.69 Å². The zero-order valence-corrected chi connectivity index (χ0v) is 16.1. The van der Waals surface area contributed by atoms with Gasteiger partial charge in [0.05, 0.1) is 5.56 Å². The van der Waals surface area contributed by atoms with Crippen molar-refractivity contribution in [1.82, 2.24) is 9.88 Å². The van der Waals surface area contributed by atoms with Crippen LogP contribution in [-0.2, 0) is 19.5 Å². The van der Waals surface area contributed by atoms with Crippen LogP contribution in [0.2, 0.25) is 0 Å². The molecule has 0 saturated carbocycles. The molecule has 27 heavy (non-hydrogen) atoms. The fourth-order valence-corrected chi connectivity index (χ4v) is 3.59. The number of carboxylic acid groups (broad SMARTS) is 1. The maximum Gasteiger partial charge on any atom is 0.337 e. The molecule has 0 aliphatic carbocycles. The topological polar surface area (TPSA) is 54.3 Å². The third-order valence-corrected chi connectivity index (χ3v) is 5.06. The van der Waals surface area contributed by atoms with E-state index in [0.29, 0.717) is 18.7 Å². The molecule has 0 spiro atoms. The fourth-order valence-electron chi connectivity index (χ4n) is 3.59. The first kappa shape index (κ1) is 18.9. The molecule has 3 aromatic rings. The summed E-state index contributed by atoms with van der Waals surface area (Å²) in [6.07, 6.45) is 1.03. The summed E-state index contributed by atoms with van der Waals surface area (Å²) in [6, 6.07) is 18.4. The Morgan fingerprint density at radius 1 is 0.926 bits per heavy atom. The Labute approximate surface area is 160 Å². The van der Waals surface area contributed by atoms with Crippen LogP contribution >= 0.6 is 0 Å². The highest BCUT2D eigenvalue weighted by Crippen LogP contribution is 2.26. The molecule has 0 radical (unpaired) electrons. The van der Waals surface area contributed by atoms with Gasteiger partial charge in [0.2, 0.25) is 0 Å². The highest BCUT2D eigenvalue weighted by molar-refractivity contribution is 5.91. The lowest BCUT2D eigenvalue weighted by Crippen LogP contribution is -2.15. The van der Waals surface area contributed by atoms with Gasteiger partial charge in [-0.3, -0.25) is 0 Å². The van der Waals surface area contributed by atoms with E-state index in [1.807, 2.05) is 48.7 Å². The Morgan fingerprint density at radius 2 is 1.56 bits per heavy atom. The minimum Gasteiger partial charge on any atom is -0.478 e. The first-order chi connectivity index (χ1) is 13.0. The van der Waals surface area contributed by atoms with Crippen LogP contribution in [0.4, 0.5) is 0 Å². The minimum absolute atomic E-state index is 0.394. The molecule has 0 aliphatic heterocycles. The smallest absolute Gasteiger partial charge is 0.337 e. The molecule has 4 nitrogen and oxygen atoms in total. The van der Waals surface area contributed by atoms with Gasteiger partial charge in [0, 0.05) is 35.7 Å². The number of hydrogen-bond acceptors (Lipinski definition) is 2. The van der Waals surface area contributed by atoms with E-state index in [9.17, 15) is 9.90 Å². The maximum atomic E-state index is 11.9. The average Bonchev–Trinajstić information content (AvgIpc) is 2.93. The SMILES string of the molecule is CCc1ccc(CNCc2c(C(=O)O)c(C)n(-c3ccccc3)c2C)cc1. The van der Waals surface area contributed by atoms with Crippen LogP contribution in [0.15, 0.2) is 54.6 Å². The zero-order valence-electron chi connectivity index (χ0n) is 16.1. The van der Waals surface area contributed by atoms with Gasteiger partial charge in [0.15, 0.2) is 0 Å². The van der Waals surface area contributed by atoms with Crippen LogP contribution in [-0.4, -0.2) is 15.6 Å². The van der Waals surface area contributed by atoms with Crippen molar-refractivity contribution in [3.05, 3.63) is 88.2 Å². The number of aromatic nitrogens is 1. The molecule has 0 aliphatic rings. The lowest BCUT2D eigenvalue weighted by atomic mass is 10.1. The van der Waals surface area contributed by atoms with Crippen molar-refractivity contribution < 1.29 is 9.90 Å².